The Morgan fingerprint density at radius 3 is 2.76 bits per heavy atom. The van der Waals surface area contributed by atoms with Crippen LogP contribution in [0.5, 0.6) is 0 Å². The second kappa shape index (κ2) is 6.05. The maximum Gasteiger partial charge on any atom is 0.164 e. The van der Waals surface area contributed by atoms with Gasteiger partial charge in [-0.3, -0.25) is 4.79 Å². The molecule has 1 aliphatic rings. The van der Waals surface area contributed by atoms with E-state index in [1.54, 1.807) is 0 Å². The Hall–Kier alpha value is -0.280. The fraction of sp³-hybridized carbons (Fsp3) is 0.500. The molecule has 1 aromatic rings. The Morgan fingerprint density at radius 2 is 2.12 bits per heavy atom. The summed E-state index contributed by atoms with van der Waals surface area (Å²) in [6, 6.07) is 5.97. The average Bonchev–Trinajstić information content (AvgIpc) is 2.30. The molecule has 0 amide bonds. The van der Waals surface area contributed by atoms with E-state index >= 15 is 0 Å². The lowest BCUT2D eigenvalue weighted by Crippen LogP contribution is -2.14. The van der Waals surface area contributed by atoms with Crippen LogP contribution in [-0.4, -0.2) is 17.3 Å². The van der Waals surface area contributed by atoms with Crippen LogP contribution < -0.4 is 0 Å². The Balaban J connectivity index is 2.03. The van der Waals surface area contributed by atoms with E-state index in [0.29, 0.717) is 12.3 Å². The Labute approximate surface area is 115 Å². The first-order valence-electron chi connectivity index (χ1n) is 6.04. The van der Waals surface area contributed by atoms with Crippen LogP contribution in [0.2, 0.25) is 0 Å². The molecule has 0 spiro atoms. The van der Waals surface area contributed by atoms with E-state index in [9.17, 15) is 4.79 Å². The molecule has 0 saturated carbocycles. The zero-order valence-electron chi connectivity index (χ0n) is 10.0. The number of carbonyl (C=O) groups excluding carboxylic acids is 1. The number of benzene rings is 1. The molecule has 1 nitrogen and oxygen atoms in total. The maximum atomic E-state index is 12.2. The number of hydrogen-bond donors (Lipinski definition) is 0. The predicted molar refractivity (Wildman–Crippen MR) is 77.9 cm³/mol. The summed E-state index contributed by atoms with van der Waals surface area (Å²) in [4.78, 5) is 12.2. The zero-order valence-corrected chi connectivity index (χ0v) is 12.4. The zero-order chi connectivity index (χ0) is 12.3. The van der Waals surface area contributed by atoms with Crippen LogP contribution >= 0.6 is 27.7 Å². The first-order chi connectivity index (χ1) is 8.16. The highest BCUT2D eigenvalue weighted by atomic mass is 79.9. The van der Waals surface area contributed by atoms with Gasteiger partial charge in [0.1, 0.15) is 0 Å². The molecule has 0 bridgehead atoms. The summed E-state index contributed by atoms with van der Waals surface area (Å²) in [5.74, 6) is 3.31. The third-order valence-corrected chi connectivity index (χ3v) is 4.94. The van der Waals surface area contributed by atoms with Crippen LogP contribution in [0.3, 0.4) is 0 Å². The van der Waals surface area contributed by atoms with Gasteiger partial charge >= 0.3 is 0 Å². The van der Waals surface area contributed by atoms with Gasteiger partial charge in [-0.1, -0.05) is 28.1 Å². The van der Waals surface area contributed by atoms with E-state index in [-0.39, 0.29) is 5.78 Å². The Morgan fingerprint density at radius 1 is 1.41 bits per heavy atom. The lowest BCUT2D eigenvalue weighted by Gasteiger charge is -2.20. The van der Waals surface area contributed by atoms with E-state index in [2.05, 4.69) is 15.9 Å². The molecule has 3 heteroatoms. The summed E-state index contributed by atoms with van der Waals surface area (Å²) >= 11 is 5.49. The lowest BCUT2D eigenvalue weighted by atomic mass is 9.93. The minimum Gasteiger partial charge on any atom is -0.294 e. The molecule has 0 N–H and O–H groups in total. The normalized spacial score (nSPS) is 17.1. The third-order valence-electron chi connectivity index (χ3n) is 3.24. The van der Waals surface area contributed by atoms with E-state index < -0.39 is 0 Å². The molecule has 1 fully saturated rings. The van der Waals surface area contributed by atoms with Crippen molar-refractivity contribution >= 4 is 33.5 Å². The minimum absolute atomic E-state index is 0.286. The van der Waals surface area contributed by atoms with E-state index in [0.717, 1.165) is 10.0 Å². The standard InChI is InChI=1S/C14H17BrOS/c1-10-2-3-12(13(15)8-10)14(16)9-11-4-6-17-7-5-11/h2-3,8,11H,4-7,9H2,1H3. The van der Waals surface area contributed by atoms with Crippen molar-refractivity contribution in [1.29, 1.82) is 0 Å². The molecule has 0 atom stereocenters. The molecular formula is C14H17BrOS. The largest absolute Gasteiger partial charge is 0.294 e. The predicted octanol–water partition coefficient (Wildman–Crippen LogP) is 4.47. The molecule has 1 aromatic carbocycles. The highest BCUT2D eigenvalue weighted by Gasteiger charge is 2.19. The Bertz CT molecular complexity index is 411. The van der Waals surface area contributed by atoms with Crippen LogP contribution in [0, 0.1) is 12.8 Å². The summed E-state index contributed by atoms with van der Waals surface area (Å²) in [5, 5.41) is 0. The topological polar surface area (TPSA) is 17.1 Å². The van der Waals surface area contributed by atoms with Crippen molar-refractivity contribution < 1.29 is 4.79 Å². The number of Topliss-reactive ketones (excluding diaryl/α,β-unsaturated/α-hetero) is 1. The third kappa shape index (κ3) is 3.59. The first-order valence-corrected chi connectivity index (χ1v) is 7.98. The number of halogens is 1. The van der Waals surface area contributed by atoms with Gasteiger partial charge in [0.2, 0.25) is 0 Å². The van der Waals surface area contributed by atoms with Gasteiger partial charge < -0.3 is 0 Å². The second-order valence-corrected chi connectivity index (χ2v) is 6.75. The SMILES string of the molecule is Cc1ccc(C(=O)CC2CCSCC2)c(Br)c1. The fourth-order valence-electron chi connectivity index (χ4n) is 2.17. The van der Waals surface area contributed by atoms with Gasteiger partial charge in [-0.15, -0.1) is 0 Å². The van der Waals surface area contributed by atoms with Crippen molar-refractivity contribution in [2.24, 2.45) is 5.92 Å². The molecule has 2 rings (SSSR count). The van der Waals surface area contributed by atoms with E-state index in [1.807, 2.05) is 36.9 Å². The molecule has 0 radical (unpaired) electrons. The van der Waals surface area contributed by atoms with Crippen molar-refractivity contribution in [2.75, 3.05) is 11.5 Å². The molecule has 92 valence electrons. The summed E-state index contributed by atoms with van der Waals surface area (Å²) in [6.07, 6.45) is 3.10. The number of carbonyl (C=O) groups is 1. The first kappa shape index (κ1) is 13.2. The van der Waals surface area contributed by atoms with Gasteiger partial charge in [-0.05, 0) is 48.8 Å². The van der Waals surface area contributed by atoms with Gasteiger partial charge in [0, 0.05) is 16.5 Å². The van der Waals surface area contributed by atoms with Crippen LogP contribution in [0.15, 0.2) is 22.7 Å². The number of rotatable bonds is 3. The molecule has 1 saturated heterocycles. The molecule has 0 unspecified atom stereocenters. The van der Waals surface area contributed by atoms with Crippen molar-refractivity contribution in [3.05, 3.63) is 33.8 Å². The number of thioether (sulfide) groups is 1. The smallest absolute Gasteiger partial charge is 0.164 e. The summed E-state index contributed by atoms with van der Waals surface area (Å²) in [6.45, 7) is 2.04. The number of aryl methyl sites for hydroxylation is 1. The van der Waals surface area contributed by atoms with Gasteiger partial charge in [0.25, 0.3) is 0 Å². The van der Waals surface area contributed by atoms with Gasteiger partial charge in [0.05, 0.1) is 0 Å². The van der Waals surface area contributed by atoms with Crippen molar-refractivity contribution in [1.82, 2.24) is 0 Å². The van der Waals surface area contributed by atoms with Crippen molar-refractivity contribution in [3.63, 3.8) is 0 Å². The van der Waals surface area contributed by atoms with Crippen LogP contribution in [-0.2, 0) is 0 Å². The molecule has 1 heterocycles. The van der Waals surface area contributed by atoms with Crippen molar-refractivity contribution in [2.45, 2.75) is 26.2 Å². The van der Waals surface area contributed by atoms with Crippen LogP contribution in [0.4, 0.5) is 0 Å². The molecule has 17 heavy (non-hydrogen) atoms. The summed E-state index contributed by atoms with van der Waals surface area (Å²) in [7, 11) is 0. The van der Waals surface area contributed by atoms with Gasteiger partial charge in [-0.25, -0.2) is 0 Å². The highest BCUT2D eigenvalue weighted by molar-refractivity contribution is 9.10. The van der Waals surface area contributed by atoms with Crippen LogP contribution in [0.25, 0.3) is 0 Å². The minimum atomic E-state index is 0.286. The summed E-state index contributed by atoms with van der Waals surface area (Å²) in [5.41, 5.74) is 2.02. The molecular weight excluding hydrogens is 296 g/mol. The molecule has 0 aromatic heterocycles. The lowest BCUT2D eigenvalue weighted by molar-refractivity contribution is 0.0958. The second-order valence-electron chi connectivity index (χ2n) is 4.67. The quantitative estimate of drug-likeness (QED) is 0.766. The highest BCUT2D eigenvalue weighted by Crippen LogP contribution is 2.28. The van der Waals surface area contributed by atoms with E-state index in [4.69, 9.17) is 0 Å². The number of hydrogen-bond acceptors (Lipinski definition) is 2. The molecule has 0 aliphatic carbocycles. The number of ketones is 1. The van der Waals surface area contributed by atoms with Crippen LogP contribution in [0.1, 0.15) is 35.2 Å². The van der Waals surface area contributed by atoms with Crippen molar-refractivity contribution in [3.8, 4) is 0 Å². The van der Waals surface area contributed by atoms with Gasteiger partial charge in [0.15, 0.2) is 5.78 Å². The molecule has 1 aliphatic heterocycles. The van der Waals surface area contributed by atoms with Gasteiger partial charge in [-0.2, -0.15) is 11.8 Å². The maximum absolute atomic E-state index is 12.2. The average molecular weight is 313 g/mol. The van der Waals surface area contributed by atoms with E-state index in [1.165, 1.54) is 29.9 Å². The Kier molecular flexibility index (Phi) is 4.69. The summed E-state index contributed by atoms with van der Waals surface area (Å²) < 4.78 is 0.938. The monoisotopic (exact) mass is 312 g/mol. The fourth-order valence-corrected chi connectivity index (χ4v) is 4.09.